The molecule has 66 valence electrons. The third kappa shape index (κ3) is 2.33. The van der Waals surface area contributed by atoms with Gasteiger partial charge in [-0.2, -0.15) is 0 Å². The van der Waals surface area contributed by atoms with Crippen LogP contribution in [-0.2, 0) is 0 Å². The van der Waals surface area contributed by atoms with E-state index in [9.17, 15) is 0 Å². The van der Waals surface area contributed by atoms with Crippen LogP contribution in [0.15, 0.2) is 5.16 Å². The van der Waals surface area contributed by atoms with Crippen LogP contribution in [-0.4, -0.2) is 20.8 Å². The number of rotatable bonds is 3. The van der Waals surface area contributed by atoms with E-state index in [2.05, 4.69) is 32.9 Å². The maximum absolute atomic E-state index is 8.64. The summed E-state index contributed by atoms with van der Waals surface area (Å²) >= 11 is 0. The second-order valence-corrected chi connectivity index (χ2v) is 4.66. The van der Waals surface area contributed by atoms with Gasteiger partial charge in [-0.1, -0.05) is 34.1 Å². The van der Waals surface area contributed by atoms with Gasteiger partial charge in [0, 0.05) is 10.7 Å². The Labute approximate surface area is 72.1 Å². The molecular weight excluding hydrogens is 154 g/mol. The van der Waals surface area contributed by atoms with Gasteiger partial charge in [-0.25, -0.2) is 0 Å². The third-order valence-corrected chi connectivity index (χ3v) is 4.42. The van der Waals surface area contributed by atoms with Crippen molar-refractivity contribution in [2.75, 3.05) is 0 Å². The molecule has 0 fully saturated rings. The van der Waals surface area contributed by atoms with E-state index in [0.29, 0.717) is 5.92 Å². The quantitative estimate of drug-likeness (QED) is 0.296. The summed E-state index contributed by atoms with van der Waals surface area (Å²) in [6.45, 7) is 8.65. The first-order valence-electron chi connectivity index (χ1n) is 4.15. The molecule has 0 bridgehead atoms. The molecule has 0 radical (unpaired) electrons. The molecule has 0 spiro atoms. The van der Waals surface area contributed by atoms with Gasteiger partial charge in [0.1, 0.15) is 0 Å². The standard InChI is InChI=1S/C8H19NOSi/c1-5-6(2)8(3,4)7(11)9-10/h6,10H,5H2,1-4,11H3. The number of hydrogen-bond donors (Lipinski definition) is 1. The van der Waals surface area contributed by atoms with Crippen molar-refractivity contribution in [2.24, 2.45) is 16.5 Å². The van der Waals surface area contributed by atoms with Crippen LogP contribution >= 0.6 is 0 Å². The maximum atomic E-state index is 8.64. The molecular formula is C8H19NOSi. The molecule has 1 atom stereocenters. The van der Waals surface area contributed by atoms with Gasteiger partial charge >= 0.3 is 0 Å². The SMILES string of the molecule is CCC(C)C(C)(C)C([SiH3])=NO. The molecule has 0 rings (SSSR count). The molecule has 0 heterocycles. The van der Waals surface area contributed by atoms with Gasteiger partial charge in [0.2, 0.25) is 0 Å². The van der Waals surface area contributed by atoms with Crippen LogP contribution in [0.4, 0.5) is 0 Å². The first-order valence-corrected chi connectivity index (χ1v) is 5.15. The van der Waals surface area contributed by atoms with Gasteiger partial charge in [-0.05, 0) is 5.92 Å². The van der Waals surface area contributed by atoms with Gasteiger partial charge in [0.05, 0.1) is 10.2 Å². The van der Waals surface area contributed by atoms with Crippen molar-refractivity contribution in [3.63, 3.8) is 0 Å². The Balaban J connectivity index is 4.44. The van der Waals surface area contributed by atoms with E-state index in [0.717, 1.165) is 22.0 Å². The zero-order chi connectivity index (χ0) is 9.07. The second-order valence-electron chi connectivity index (χ2n) is 3.72. The smallest absolute Gasteiger partial charge is 0.0621 e. The zero-order valence-corrected chi connectivity index (χ0v) is 10.2. The fourth-order valence-corrected chi connectivity index (χ4v) is 1.49. The number of nitrogens with zero attached hydrogens (tertiary/aromatic N) is 1. The van der Waals surface area contributed by atoms with E-state index >= 15 is 0 Å². The van der Waals surface area contributed by atoms with Crippen molar-refractivity contribution in [3.8, 4) is 0 Å². The van der Waals surface area contributed by atoms with Gasteiger partial charge in [0.25, 0.3) is 0 Å². The Morgan fingerprint density at radius 3 is 2.36 bits per heavy atom. The average Bonchev–Trinajstić information content (AvgIpc) is 2.01. The largest absolute Gasteiger partial charge is 0.411 e. The third-order valence-electron chi connectivity index (χ3n) is 2.93. The topological polar surface area (TPSA) is 32.6 Å². The molecule has 0 aromatic rings. The lowest BCUT2D eigenvalue weighted by molar-refractivity contribution is 0.287. The molecule has 11 heavy (non-hydrogen) atoms. The first kappa shape index (κ1) is 10.7. The van der Waals surface area contributed by atoms with Crippen molar-refractivity contribution in [3.05, 3.63) is 0 Å². The predicted molar refractivity (Wildman–Crippen MR) is 52.4 cm³/mol. The summed E-state index contributed by atoms with van der Waals surface area (Å²) in [5, 5.41) is 12.9. The van der Waals surface area contributed by atoms with Crippen LogP contribution in [0.1, 0.15) is 34.1 Å². The highest BCUT2D eigenvalue weighted by Gasteiger charge is 2.27. The average molecular weight is 173 g/mol. The summed E-state index contributed by atoms with van der Waals surface area (Å²) in [5.41, 5.74) is 0.0791. The van der Waals surface area contributed by atoms with E-state index in [-0.39, 0.29) is 5.41 Å². The Hall–Kier alpha value is -0.313. The lowest BCUT2D eigenvalue weighted by Gasteiger charge is -2.30. The van der Waals surface area contributed by atoms with Crippen LogP contribution in [0.25, 0.3) is 0 Å². The Kier molecular flexibility index (Phi) is 3.79. The summed E-state index contributed by atoms with van der Waals surface area (Å²) in [6.07, 6.45) is 1.13. The first-order chi connectivity index (χ1) is 4.96. The lowest BCUT2D eigenvalue weighted by atomic mass is 9.79. The molecule has 0 aromatic heterocycles. The van der Waals surface area contributed by atoms with Crippen LogP contribution in [0.5, 0.6) is 0 Å². The molecule has 0 saturated carbocycles. The van der Waals surface area contributed by atoms with Crippen molar-refractivity contribution in [1.82, 2.24) is 0 Å². The van der Waals surface area contributed by atoms with Gasteiger partial charge in [0.15, 0.2) is 0 Å². The normalized spacial score (nSPS) is 16.9. The second kappa shape index (κ2) is 3.90. The highest BCUT2D eigenvalue weighted by molar-refractivity contribution is 6.60. The molecule has 2 nitrogen and oxygen atoms in total. The Morgan fingerprint density at radius 2 is 2.09 bits per heavy atom. The molecule has 3 heteroatoms. The number of hydrogen-bond acceptors (Lipinski definition) is 2. The molecule has 0 aromatic carbocycles. The van der Waals surface area contributed by atoms with Crippen LogP contribution in [0.2, 0.25) is 0 Å². The van der Waals surface area contributed by atoms with E-state index in [4.69, 9.17) is 5.21 Å². The van der Waals surface area contributed by atoms with Gasteiger partial charge < -0.3 is 5.21 Å². The van der Waals surface area contributed by atoms with E-state index in [1.54, 1.807) is 0 Å². The minimum atomic E-state index is 0.0791. The summed E-state index contributed by atoms with van der Waals surface area (Å²) in [7, 11) is 0.851. The van der Waals surface area contributed by atoms with Crippen LogP contribution < -0.4 is 0 Å². The van der Waals surface area contributed by atoms with E-state index in [1.807, 2.05) is 0 Å². The summed E-state index contributed by atoms with van der Waals surface area (Å²) < 4.78 is 0. The zero-order valence-electron chi connectivity index (χ0n) is 8.18. The van der Waals surface area contributed by atoms with Crippen molar-refractivity contribution < 1.29 is 5.21 Å². The molecule has 1 N–H and O–H groups in total. The van der Waals surface area contributed by atoms with E-state index in [1.165, 1.54) is 0 Å². The molecule has 0 aliphatic carbocycles. The highest BCUT2D eigenvalue weighted by Crippen LogP contribution is 2.29. The van der Waals surface area contributed by atoms with Crippen LogP contribution in [0, 0.1) is 11.3 Å². The van der Waals surface area contributed by atoms with Crippen molar-refractivity contribution in [1.29, 1.82) is 0 Å². The molecule has 0 aliphatic rings. The molecule has 0 saturated heterocycles. The molecule has 0 aliphatic heterocycles. The van der Waals surface area contributed by atoms with Crippen molar-refractivity contribution in [2.45, 2.75) is 34.1 Å². The monoisotopic (exact) mass is 173 g/mol. The predicted octanol–water partition coefficient (Wildman–Crippen LogP) is 1.21. The minimum absolute atomic E-state index is 0.0791. The number of oxime groups is 1. The van der Waals surface area contributed by atoms with Crippen LogP contribution in [0.3, 0.4) is 0 Å². The molecule has 1 unspecified atom stereocenters. The Bertz CT molecular complexity index is 154. The van der Waals surface area contributed by atoms with Gasteiger partial charge in [-0.15, -0.1) is 5.16 Å². The maximum Gasteiger partial charge on any atom is 0.0621 e. The minimum Gasteiger partial charge on any atom is -0.411 e. The van der Waals surface area contributed by atoms with Crippen molar-refractivity contribution >= 4 is 15.6 Å². The highest BCUT2D eigenvalue weighted by atomic mass is 28.1. The van der Waals surface area contributed by atoms with Gasteiger partial charge in [-0.3, -0.25) is 0 Å². The lowest BCUT2D eigenvalue weighted by Crippen LogP contribution is -2.31. The summed E-state index contributed by atoms with van der Waals surface area (Å²) in [4.78, 5) is 0. The van der Waals surface area contributed by atoms with E-state index < -0.39 is 0 Å². The Morgan fingerprint density at radius 1 is 1.64 bits per heavy atom. The fourth-order valence-electron chi connectivity index (χ4n) is 0.996. The summed E-state index contributed by atoms with van der Waals surface area (Å²) in [6, 6.07) is 0. The fraction of sp³-hybridized carbons (Fsp3) is 0.875. The summed E-state index contributed by atoms with van der Waals surface area (Å²) in [5.74, 6) is 0.589. The molecule has 0 amide bonds.